The highest BCUT2D eigenvalue weighted by molar-refractivity contribution is 5.94. The topological polar surface area (TPSA) is 34.4 Å². The van der Waals surface area contributed by atoms with Crippen LogP contribution < -0.4 is 5.49 Å². The largest absolute Gasteiger partial charge is 0.326 e. The minimum Gasteiger partial charge on any atom is -0.326 e. The highest BCUT2D eigenvalue weighted by Gasteiger charge is 2.02. The second-order valence-electron chi connectivity index (χ2n) is 5.71. The average Bonchev–Trinajstić information content (AvgIpc) is 2.55. The third kappa shape index (κ3) is 3.09. The molecule has 3 heteroatoms. The molecule has 0 radical (unpaired) electrons. The number of fused-ring (bicyclic) bond motifs is 1. The van der Waals surface area contributed by atoms with E-state index < -0.39 is 0 Å². The van der Waals surface area contributed by atoms with Gasteiger partial charge in [-0.15, -0.1) is 0 Å². The van der Waals surface area contributed by atoms with Crippen molar-refractivity contribution in [2.24, 2.45) is 4.99 Å². The van der Waals surface area contributed by atoms with E-state index in [1.54, 1.807) is 6.92 Å². The van der Waals surface area contributed by atoms with E-state index in [1.807, 2.05) is 30.3 Å². The summed E-state index contributed by atoms with van der Waals surface area (Å²) in [5.74, 6) is 0.0706. The van der Waals surface area contributed by atoms with Crippen LogP contribution in [0.5, 0.6) is 0 Å². The van der Waals surface area contributed by atoms with Crippen LogP contribution in [0.4, 0.5) is 5.69 Å². The van der Waals surface area contributed by atoms with Crippen LogP contribution in [-0.4, -0.2) is 10.4 Å². The number of pyridine rings is 1. The fourth-order valence-electron chi connectivity index (χ4n) is 2.76. The third-order valence-corrected chi connectivity index (χ3v) is 4.00. The summed E-state index contributed by atoms with van der Waals surface area (Å²) < 4.78 is 2.20. The van der Waals surface area contributed by atoms with Gasteiger partial charge in [-0.3, -0.25) is 4.79 Å². The first kappa shape index (κ1) is 15.2. The zero-order chi connectivity index (χ0) is 16.4. The van der Waals surface area contributed by atoms with Gasteiger partial charge in [0, 0.05) is 17.6 Å². The quantitative estimate of drug-likeness (QED) is 0.660. The molecule has 1 heterocycles. The SMILES string of the molecule is CCn1c(=Nc2ccc(C(C)=O)cc2)ccc2cc(C)ccc21. The van der Waals surface area contributed by atoms with Crippen LogP contribution in [0.2, 0.25) is 0 Å². The molecule has 3 aromatic rings. The van der Waals surface area contributed by atoms with Crippen molar-refractivity contribution in [3.63, 3.8) is 0 Å². The molecule has 3 rings (SSSR count). The number of aromatic nitrogens is 1. The molecule has 0 aliphatic carbocycles. The van der Waals surface area contributed by atoms with E-state index in [9.17, 15) is 4.79 Å². The second kappa shape index (κ2) is 6.21. The molecule has 0 amide bonds. The van der Waals surface area contributed by atoms with Gasteiger partial charge in [0.15, 0.2) is 5.78 Å². The van der Waals surface area contributed by atoms with Crippen molar-refractivity contribution in [1.82, 2.24) is 4.57 Å². The van der Waals surface area contributed by atoms with Crippen molar-refractivity contribution >= 4 is 22.4 Å². The Balaban J connectivity index is 2.15. The van der Waals surface area contributed by atoms with Gasteiger partial charge in [-0.05, 0) is 74.7 Å². The van der Waals surface area contributed by atoms with Crippen molar-refractivity contribution < 1.29 is 4.79 Å². The van der Waals surface area contributed by atoms with Crippen LogP contribution in [-0.2, 0) is 6.54 Å². The number of Topliss-reactive ketones (excluding diaryl/α,β-unsaturated/α-hetero) is 1. The van der Waals surface area contributed by atoms with E-state index in [4.69, 9.17) is 4.99 Å². The average molecular weight is 304 g/mol. The lowest BCUT2D eigenvalue weighted by Gasteiger charge is -2.10. The summed E-state index contributed by atoms with van der Waals surface area (Å²) in [6.07, 6.45) is 0. The number of rotatable bonds is 3. The molecule has 116 valence electrons. The summed E-state index contributed by atoms with van der Waals surface area (Å²) in [5, 5.41) is 1.22. The Morgan fingerprint density at radius 2 is 1.78 bits per heavy atom. The number of ketones is 1. The molecule has 0 bridgehead atoms. The van der Waals surface area contributed by atoms with Gasteiger partial charge in [-0.25, -0.2) is 4.99 Å². The van der Waals surface area contributed by atoms with E-state index in [2.05, 4.69) is 42.7 Å². The first-order chi connectivity index (χ1) is 11.1. The van der Waals surface area contributed by atoms with Crippen LogP contribution >= 0.6 is 0 Å². The van der Waals surface area contributed by atoms with Crippen LogP contribution in [0, 0.1) is 6.92 Å². The van der Waals surface area contributed by atoms with Crippen molar-refractivity contribution in [3.8, 4) is 0 Å². The fraction of sp³-hybridized carbons (Fsp3) is 0.200. The van der Waals surface area contributed by atoms with Gasteiger partial charge < -0.3 is 4.57 Å². The molecule has 23 heavy (non-hydrogen) atoms. The molecule has 0 fully saturated rings. The molecule has 0 saturated heterocycles. The summed E-state index contributed by atoms with van der Waals surface area (Å²) in [6.45, 7) is 6.65. The van der Waals surface area contributed by atoms with Crippen LogP contribution in [0.1, 0.15) is 29.8 Å². The standard InChI is InChI=1S/C20H20N2O/c1-4-22-19-11-5-14(2)13-17(19)8-12-20(22)21-18-9-6-16(7-10-18)15(3)23/h5-13H,4H2,1-3H3. The highest BCUT2D eigenvalue weighted by Crippen LogP contribution is 2.16. The molecule has 0 unspecified atom stereocenters. The maximum absolute atomic E-state index is 11.4. The van der Waals surface area contributed by atoms with E-state index in [0.29, 0.717) is 5.56 Å². The zero-order valence-electron chi connectivity index (χ0n) is 13.7. The highest BCUT2D eigenvalue weighted by atomic mass is 16.1. The van der Waals surface area contributed by atoms with Gasteiger partial charge >= 0.3 is 0 Å². The summed E-state index contributed by atoms with van der Waals surface area (Å²) in [5.41, 5.74) is 4.91. The predicted octanol–water partition coefficient (Wildman–Crippen LogP) is 4.40. The van der Waals surface area contributed by atoms with Crippen LogP contribution in [0.15, 0.2) is 59.6 Å². The lowest BCUT2D eigenvalue weighted by atomic mass is 10.1. The lowest BCUT2D eigenvalue weighted by Crippen LogP contribution is -2.19. The summed E-state index contributed by atoms with van der Waals surface area (Å²) in [6, 6.07) is 18.0. The molecule has 0 aliphatic heterocycles. The van der Waals surface area contributed by atoms with Crippen LogP contribution in [0.25, 0.3) is 10.9 Å². The molecule has 3 nitrogen and oxygen atoms in total. The number of hydrogen-bond donors (Lipinski definition) is 0. The van der Waals surface area contributed by atoms with E-state index >= 15 is 0 Å². The second-order valence-corrected chi connectivity index (χ2v) is 5.71. The Labute approximate surface area is 135 Å². The number of carbonyl (C=O) groups excluding carboxylic acids is 1. The first-order valence-electron chi connectivity index (χ1n) is 7.84. The number of hydrogen-bond acceptors (Lipinski definition) is 2. The summed E-state index contributed by atoms with van der Waals surface area (Å²) in [4.78, 5) is 16.1. The van der Waals surface area contributed by atoms with Gasteiger partial charge in [0.25, 0.3) is 0 Å². The predicted molar refractivity (Wildman–Crippen MR) is 94.0 cm³/mol. The number of benzene rings is 2. The smallest absolute Gasteiger partial charge is 0.159 e. The Bertz CT molecular complexity index is 934. The summed E-state index contributed by atoms with van der Waals surface area (Å²) >= 11 is 0. The lowest BCUT2D eigenvalue weighted by molar-refractivity contribution is 0.101. The fourth-order valence-corrected chi connectivity index (χ4v) is 2.76. The van der Waals surface area contributed by atoms with Gasteiger partial charge in [0.1, 0.15) is 5.49 Å². The number of aryl methyl sites for hydroxylation is 2. The molecule has 0 saturated carbocycles. The van der Waals surface area contributed by atoms with Crippen molar-refractivity contribution in [2.75, 3.05) is 0 Å². The third-order valence-electron chi connectivity index (χ3n) is 4.00. The van der Waals surface area contributed by atoms with E-state index in [-0.39, 0.29) is 5.78 Å². The van der Waals surface area contributed by atoms with Crippen LogP contribution in [0.3, 0.4) is 0 Å². The normalized spacial score (nSPS) is 11.9. The van der Waals surface area contributed by atoms with Crippen molar-refractivity contribution in [2.45, 2.75) is 27.3 Å². The number of nitrogens with zero attached hydrogens (tertiary/aromatic N) is 2. The Kier molecular flexibility index (Phi) is 4.11. The van der Waals surface area contributed by atoms with Crippen molar-refractivity contribution in [1.29, 1.82) is 0 Å². The maximum Gasteiger partial charge on any atom is 0.159 e. The maximum atomic E-state index is 11.4. The monoisotopic (exact) mass is 304 g/mol. The molecule has 0 aliphatic rings. The first-order valence-corrected chi connectivity index (χ1v) is 7.84. The zero-order valence-corrected chi connectivity index (χ0v) is 13.7. The van der Waals surface area contributed by atoms with Crippen molar-refractivity contribution in [3.05, 3.63) is 71.2 Å². The molecule has 1 aromatic heterocycles. The van der Waals surface area contributed by atoms with Gasteiger partial charge in [0.05, 0.1) is 5.69 Å². The molecule has 0 atom stereocenters. The molecular formula is C20H20N2O. The van der Waals surface area contributed by atoms with Gasteiger partial charge in [0.2, 0.25) is 0 Å². The minimum atomic E-state index is 0.0706. The van der Waals surface area contributed by atoms with Gasteiger partial charge in [-0.2, -0.15) is 0 Å². The molecule has 2 aromatic carbocycles. The summed E-state index contributed by atoms with van der Waals surface area (Å²) in [7, 11) is 0. The minimum absolute atomic E-state index is 0.0706. The van der Waals surface area contributed by atoms with E-state index in [0.717, 1.165) is 17.7 Å². The van der Waals surface area contributed by atoms with Gasteiger partial charge in [-0.1, -0.05) is 11.6 Å². The Hall–Kier alpha value is -2.68. The number of carbonyl (C=O) groups is 1. The molecule has 0 N–H and O–H groups in total. The Morgan fingerprint density at radius 3 is 2.43 bits per heavy atom. The Morgan fingerprint density at radius 1 is 1.04 bits per heavy atom. The molecular weight excluding hydrogens is 284 g/mol. The molecule has 0 spiro atoms. The van der Waals surface area contributed by atoms with E-state index in [1.165, 1.54) is 16.5 Å².